The third-order valence-corrected chi connectivity index (χ3v) is 10.0. The summed E-state index contributed by atoms with van der Waals surface area (Å²) in [5, 5.41) is 11.9. The number of ether oxygens (including phenoxy) is 6. The Bertz CT molecular complexity index is 1000. The normalized spacial score (nSPS) is 31.2. The average molecular weight is 769 g/mol. The molecule has 54 heavy (non-hydrogen) atoms. The van der Waals surface area contributed by atoms with Crippen LogP contribution in [-0.4, -0.2) is 100 Å². The molecule has 0 aliphatic carbocycles. The van der Waals surface area contributed by atoms with Gasteiger partial charge < -0.3 is 49.7 Å². The Morgan fingerprint density at radius 3 is 1.09 bits per heavy atom. The lowest BCUT2D eigenvalue weighted by molar-refractivity contribution is -0.325. The number of hydrogen-bond acceptors (Lipinski definition) is 10. The summed E-state index contributed by atoms with van der Waals surface area (Å²) in [5.74, 6) is -1.99. The van der Waals surface area contributed by atoms with E-state index >= 15 is 0 Å². The van der Waals surface area contributed by atoms with Gasteiger partial charge in [0.05, 0.1) is 26.4 Å². The molecule has 3 aliphatic rings. The van der Waals surface area contributed by atoms with E-state index in [1.54, 1.807) is 13.8 Å². The summed E-state index contributed by atoms with van der Waals surface area (Å²) in [7, 11) is 0. The Hall–Kier alpha value is -2.36. The molecular weight excluding hydrogens is 696 g/mol. The van der Waals surface area contributed by atoms with Gasteiger partial charge in [0.1, 0.15) is 12.2 Å². The van der Waals surface area contributed by atoms with E-state index < -0.39 is 11.9 Å². The molecule has 4 unspecified atom stereocenters. The van der Waals surface area contributed by atoms with Gasteiger partial charge >= 0.3 is 0 Å². The Labute approximate surface area is 323 Å². The second-order valence-electron chi connectivity index (χ2n) is 15.2. The van der Waals surface area contributed by atoms with E-state index in [9.17, 15) is 19.2 Å². The van der Waals surface area contributed by atoms with Gasteiger partial charge in [0.25, 0.3) is 11.9 Å². The number of carbonyl (C=O) groups excluding carboxylic acids is 4. The highest BCUT2D eigenvalue weighted by molar-refractivity contribution is 5.76. The smallest absolute Gasteiger partial charge is 0.280 e. The van der Waals surface area contributed by atoms with Crippen molar-refractivity contribution in [3.8, 4) is 0 Å². The van der Waals surface area contributed by atoms with Crippen LogP contribution in [0.2, 0.25) is 0 Å². The maximum atomic E-state index is 12.3. The fourth-order valence-electron chi connectivity index (χ4n) is 6.73. The summed E-state index contributed by atoms with van der Waals surface area (Å²) in [6, 6.07) is 0. The summed E-state index contributed by atoms with van der Waals surface area (Å²) in [4.78, 5) is 49.1. The van der Waals surface area contributed by atoms with Crippen LogP contribution in [0.25, 0.3) is 0 Å². The highest BCUT2D eigenvalue weighted by Crippen LogP contribution is 2.26. The van der Waals surface area contributed by atoms with Crippen LogP contribution in [0.1, 0.15) is 155 Å². The van der Waals surface area contributed by atoms with Crippen LogP contribution in [0.4, 0.5) is 0 Å². The predicted octanol–water partition coefficient (Wildman–Crippen LogP) is 5.26. The number of fused-ring (bicyclic) bond motifs is 4. The lowest BCUT2D eigenvalue weighted by atomic mass is 10.1. The molecule has 3 saturated heterocycles. The van der Waals surface area contributed by atoms with Gasteiger partial charge in [-0.1, -0.05) is 51.4 Å². The van der Waals surface area contributed by atoms with Crippen molar-refractivity contribution in [1.29, 1.82) is 0 Å². The number of hydrogen-bond donors (Lipinski definition) is 4. The molecule has 3 fully saturated rings. The Balaban J connectivity index is 1.30. The van der Waals surface area contributed by atoms with E-state index in [4.69, 9.17) is 28.4 Å². The van der Waals surface area contributed by atoms with Crippen LogP contribution in [0.15, 0.2) is 0 Å². The number of nitrogens with one attached hydrogen (secondary N) is 4. The number of rotatable bonds is 0. The van der Waals surface area contributed by atoms with Gasteiger partial charge in [-0.05, 0) is 64.2 Å². The molecule has 0 saturated carbocycles. The molecule has 0 aromatic rings. The van der Waals surface area contributed by atoms with Crippen LogP contribution in [0.3, 0.4) is 0 Å². The van der Waals surface area contributed by atoms with Crippen LogP contribution < -0.4 is 21.3 Å². The molecule has 312 valence electrons. The van der Waals surface area contributed by atoms with E-state index in [0.717, 1.165) is 116 Å². The monoisotopic (exact) mass is 769 g/mol. The molecule has 0 radical (unpaired) electrons. The predicted molar refractivity (Wildman–Crippen MR) is 204 cm³/mol. The average Bonchev–Trinajstić information content (AvgIpc) is 3.72. The molecule has 4 amide bonds. The highest BCUT2D eigenvalue weighted by atomic mass is 16.9. The summed E-state index contributed by atoms with van der Waals surface area (Å²) in [6.45, 7) is 7.30. The highest BCUT2D eigenvalue weighted by Gasteiger charge is 2.39. The zero-order valence-electron chi connectivity index (χ0n) is 33.5. The van der Waals surface area contributed by atoms with E-state index in [2.05, 4.69) is 21.3 Å². The summed E-state index contributed by atoms with van der Waals surface area (Å²) < 4.78 is 35.1. The van der Waals surface area contributed by atoms with E-state index in [1.165, 1.54) is 0 Å². The minimum Gasteiger partial charge on any atom is -0.356 e. The molecule has 4 bridgehead atoms. The second kappa shape index (κ2) is 27.3. The van der Waals surface area contributed by atoms with Crippen molar-refractivity contribution in [2.24, 2.45) is 0 Å². The molecule has 0 aromatic heterocycles. The largest absolute Gasteiger partial charge is 0.356 e. The maximum absolute atomic E-state index is 12.3. The summed E-state index contributed by atoms with van der Waals surface area (Å²) >= 11 is 0. The fourth-order valence-corrected chi connectivity index (χ4v) is 6.73. The quantitative estimate of drug-likeness (QED) is 0.255. The Morgan fingerprint density at radius 2 is 0.722 bits per heavy atom. The van der Waals surface area contributed by atoms with Crippen molar-refractivity contribution in [2.75, 3.05) is 52.6 Å². The van der Waals surface area contributed by atoms with Crippen LogP contribution >= 0.6 is 0 Å². The Kier molecular flexibility index (Phi) is 23.2. The van der Waals surface area contributed by atoms with Crippen molar-refractivity contribution in [3.05, 3.63) is 0 Å². The lowest BCUT2D eigenvalue weighted by Gasteiger charge is -2.23. The van der Waals surface area contributed by atoms with E-state index in [-0.39, 0.29) is 35.8 Å². The minimum atomic E-state index is -1.11. The SMILES string of the molecule is CC12OCCCCCNC(=O)CCCCCCCCC(=O)NCC3COC(C)(OCCCCCNC(=O)CCCCCCCCC(=O)NCC(CO1)O2)O3. The van der Waals surface area contributed by atoms with Gasteiger partial charge in [-0.3, -0.25) is 19.2 Å². The fraction of sp³-hybridized carbons (Fsp3) is 0.900. The first-order chi connectivity index (χ1) is 26.1. The van der Waals surface area contributed by atoms with Crippen molar-refractivity contribution in [1.82, 2.24) is 21.3 Å². The summed E-state index contributed by atoms with van der Waals surface area (Å²) in [5.41, 5.74) is 0. The second-order valence-corrected chi connectivity index (χ2v) is 15.2. The lowest BCUT2D eigenvalue weighted by Crippen LogP contribution is -2.36. The molecule has 3 rings (SSSR count). The van der Waals surface area contributed by atoms with Gasteiger partial charge in [-0.2, -0.15) is 0 Å². The molecule has 0 spiro atoms. The first kappa shape index (κ1) is 46.0. The van der Waals surface area contributed by atoms with E-state index in [0.29, 0.717) is 78.3 Å². The van der Waals surface area contributed by atoms with Gasteiger partial charge in [-0.25, -0.2) is 0 Å². The molecule has 14 nitrogen and oxygen atoms in total. The zero-order valence-corrected chi connectivity index (χ0v) is 33.5. The van der Waals surface area contributed by atoms with Crippen LogP contribution in [-0.2, 0) is 47.6 Å². The third kappa shape index (κ3) is 21.7. The first-order valence-corrected chi connectivity index (χ1v) is 21.1. The molecule has 14 heteroatoms. The van der Waals surface area contributed by atoms with Gasteiger partial charge in [0.15, 0.2) is 0 Å². The third-order valence-electron chi connectivity index (χ3n) is 10.0. The van der Waals surface area contributed by atoms with Crippen molar-refractivity contribution >= 4 is 23.6 Å². The molecule has 3 heterocycles. The van der Waals surface area contributed by atoms with Crippen molar-refractivity contribution < 1.29 is 47.6 Å². The van der Waals surface area contributed by atoms with Gasteiger partial charge in [0.2, 0.25) is 23.6 Å². The topological polar surface area (TPSA) is 172 Å². The van der Waals surface area contributed by atoms with Crippen LogP contribution in [0, 0.1) is 0 Å². The first-order valence-electron chi connectivity index (χ1n) is 21.1. The van der Waals surface area contributed by atoms with E-state index in [1.807, 2.05) is 0 Å². The van der Waals surface area contributed by atoms with Crippen molar-refractivity contribution in [2.45, 2.75) is 179 Å². The molecule has 4 N–H and O–H groups in total. The number of amides is 4. The molecular formula is C40H72N4O10. The Morgan fingerprint density at radius 1 is 0.407 bits per heavy atom. The maximum Gasteiger partial charge on any atom is 0.280 e. The van der Waals surface area contributed by atoms with Gasteiger partial charge in [-0.15, -0.1) is 0 Å². The standard InChI is InChI=1S/C40H72N4O10/c1-39-49-27-19-11-17-25-41-35(45)21-13-8-4-6-10-16-24-38(48)44-30-34-32-52-40(2,54-34)50-28-20-12-18-26-42-36(46)22-14-7-3-5-9-15-23-37(47)43-29-33(53-39)31-51-39/h33-34H,3-32H2,1-2H3,(H,41,45)(H,42,46)(H,43,47)(H,44,48). The molecule has 0 aromatic carbocycles. The number of carbonyl (C=O) groups is 4. The van der Waals surface area contributed by atoms with Crippen molar-refractivity contribution in [3.63, 3.8) is 0 Å². The molecule has 4 atom stereocenters. The van der Waals surface area contributed by atoms with Gasteiger partial charge in [0, 0.05) is 65.7 Å². The minimum absolute atomic E-state index is 0.0163. The zero-order chi connectivity index (χ0) is 38.7. The molecule has 3 aliphatic heterocycles. The van der Waals surface area contributed by atoms with Crippen LogP contribution in [0.5, 0.6) is 0 Å². The summed E-state index contributed by atoms with van der Waals surface area (Å²) in [6.07, 6.45) is 18.4.